The second-order valence-electron chi connectivity index (χ2n) is 3.15. The number of nitrogens with zero attached hydrogens (tertiary/aromatic N) is 3. The largest absolute Gasteiger partial charge is 0.392 e. The molecule has 84 valence electrons. The van der Waals surface area contributed by atoms with Crippen molar-refractivity contribution < 1.29 is 10.0 Å². The molecule has 2 N–H and O–H groups in total. The van der Waals surface area contributed by atoms with E-state index in [4.69, 9.17) is 10.4 Å². The Balaban J connectivity index is 3.08. The number of pyridine rings is 1. The average molecular weight is 222 g/mol. The summed E-state index contributed by atoms with van der Waals surface area (Å²) in [6, 6.07) is 2.99. The van der Waals surface area contributed by atoms with E-state index >= 15 is 0 Å². The molecule has 1 heterocycles. The van der Waals surface area contributed by atoms with Crippen molar-refractivity contribution in [2.24, 2.45) is 0 Å². The molecule has 1 unspecified atom stereocenters. The van der Waals surface area contributed by atoms with Gasteiger partial charge in [0.25, 0.3) is 0 Å². The summed E-state index contributed by atoms with van der Waals surface area (Å²) in [7, 11) is 0. The Kier molecular flexibility index (Phi) is 3.74. The average Bonchev–Trinajstić information content (AvgIpc) is 2.25. The van der Waals surface area contributed by atoms with E-state index in [-0.39, 0.29) is 23.6 Å². The van der Waals surface area contributed by atoms with Crippen LogP contribution in [0.25, 0.3) is 0 Å². The Morgan fingerprint density at radius 1 is 1.81 bits per heavy atom. The molecule has 1 aromatic heterocycles. The highest BCUT2D eigenvalue weighted by Crippen LogP contribution is 2.25. The molecule has 0 aromatic carbocycles. The van der Waals surface area contributed by atoms with E-state index in [2.05, 4.69) is 10.3 Å². The number of hydrogen-bond acceptors (Lipinski definition) is 6. The van der Waals surface area contributed by atoms with Crippen LogP contribution >= 0.6 is 0 Å². The Morgan fingerprint density at radius 3 is 3.00 bits per heavy atom. The molecule has 0 aliphatic carbocycles. The molecule has 7 heteroatoms. The van der Waals surface area contributed by atoms with Crippen molar-refractivity contribution in [2.75, 3.05) is 11.9 Å². The van der Waals surface area contributed by atoms with Crippen LogP contribution in [0.2, 0.25) is 0 Å². The summed E-state index contributed by atoms with van der Waals surface area (Å²) in [6.07, 6.45) is 0.641. The molecule has 1 atom stereocenters. The minimum atomic E-state index is -0.671. The van der Waals surface area contributed by atoms with E-state index in [1.54, 1.807) is 6.07 Å². The van der Waals surface area contributed by atoms with E-state index in [0.717, 1.165) is 0 Å². The lowest BCUT2D eigenvalue weighted by atomic mass is 10.2. The van der Waals surface area contributed by atoms with Gasteiger partial charge in [0.2, 0.25) is 5.82 Å². The Labute approximate surface area is 91.5 Å². The lowest BCUT2D eigenvalue weighted by molar-refractivity contribution is -0.384. The topological polar surface area (TPSA) is 112 Å². The minimum absolute atomic E-state index is 0.00931. The summed E-state index contributed by atoms with van der Waals surface area (Å²) in [5.41, 5.74) is -0.432. The second kappa shape index (κ2) is 5.04. The number of aliphatic hydroxyl groups excluding tert-OH is 1. The van der Waals surface area contributed by atoms with Gasteiger partial charge in [-0.2, -0.15) is 5.26 Å². The molecule has 16 heavy (non-hydrogen) atoms. The van der Waals surface area contributed by atoms with Gasteiger partial charge in [0.05, 0.1) is 11.0 Å². The van der Waals surface area contributed by atoms with Crippen molar-refractivity contribution >= 4 is 11.5 Å². The molecule has 1 rings (SSSR count). The number of aromatic nitrogens is 1. The lowest BCUT2D eigenvalue weighted by Crippen LogP contribution is -2.17. The second-order valence-corrected chi connectivity index (χ2v) is 3.15. The van der Waals surface area contributed by atoms with Gasteiger partial charge in [-0.1, -0.05) is 0 Å². The molecule has 0 radical (unpaired) electrons. The number of nitro groups is 1. The quantitative estimate of drug-likeness (QED) is 0.571. The zero-order chi connectivity index (χ0) is 12.1. The first-order valence-electron chi connectivity index (χ1n) is 4.51. The summed E-state index contributed by atoms with van der Waals surface area (Å²) >= 11 is 0. The predicted octanol–water partition coefficient (Wildman–Crippen LogP) is 0.654. The van der Waals surface area contributed by atoms with Crippen LogP contribution in [0.3, 0.4) is 0 Å². The number of anilines is 1. The number of rotatable bonds is 4. The van der Waals surface area contributed by atoms with E-state index in [0.29, 0.717) is 0 Å². The number of nitrogens with one attached hydrogen (secondary N) is 1. The van der Waals surface area contributed by atoms with Crippen molar-refractivity contribution in [2.45, 2.75) is 13.0 Å². The molecule has 0 saturated heterocycles. The maximum Gasteiger partial charge on any atom is 0.328 e. The predicted molar refractivity (Wildman–Crippen MR) is 55.8 cm³/mol. The zero-order valence-electron chi connectivity index (χ0n) is 8.54. The van der Waals surface area contributed by atoms with Gasteiger partial charge in [0.15, 0.2) is 0 Å². The first kappa shape index (κ1) is 11.9. The van der Waals surface area contributed by atoms with Gasteiger partial charge in [0.1, 0.15) is 11.6 Å². The van der Waals surface area contributed by atoms with Crippen molar-refractivity contribution in [1.82, 2.24) is 4.98 Å². The molecule has 0 aliphatic heterocycles. The van der Waals surface area contributed by atoms with Crippen LogP contribution in [0.15, 0.2) is 12.3 Å². The van der Waals surface area contributed by atoms with Crippen LogP contribution in [0, 0.1) is 21.4 Å². The first-order valence-corrected chi connectivity index (χ1v) is 4.51. The molecule has 0 fully saturated rings. The Hall–Kier alpha value is -2.20. The van der Waals surface area contributed by atoms with E-state index < -0.39 is 11.0 Å². The van der Waals surface area contributed by atoms with Gasteiger partial charge in [-0.3, -0.25) is 10.1 Å². The Morgan fingerprint density at radius 2 is 2.50 bits per heavy atom. The van der Waals surface area contributed by atoms with Crippen LogP contribution in [0.4, 0.5) is 11.5 Å². The zero-order valence-corrected chi connectivity index (χ0v) is 8.54. The molecule has 1 aromatic rings. The van der Waals surface area contributed by atoms with Crippen LogP contribution < -0.4 is 5.32 Å². The summed E-state index contributed by atoms with van der Waals surface area (Å²) < 4.78 is 0. The van der Waals surface area contributed by atoms with Gasteiger partial charge in [-0.15, -0.1) is 0 Å². The van der Waals surface area contributed by atoms with Crippen LogP contribution in [-0.4, -0.2) is 27.7 Å². The first-order chi connectivity index (χ1) is 7.56. The SMILES string of the molecule is CC(O)CNc1nccc(C#N)c1[N+](=O)[O-]. The maximum atomic E-state index is 10.8. The van der Waals surface area contributed by atoms with Crippen molar-refractivity contribution in [3.8, 4) is 6.07 Å². The highest BCUT2D eigenvalue weighted by Gasteiger charge is 2.20. The highest BCUT2D eigenvalue weighted by atomic mass is 16.6. The van der Waals surface area contributed by atoms with Crippen LogP contribution in [0.5, 0.6) is 0 Å². The van der Waals surface area contributed by atoms with Crippen molar-refractivity contribution in [3.05, 3.63) is 27.9 Å². The molecular formula is C9H10N4O3. The fourth-order valence-electron chi connectivity index (χ4n) is 1.10. The molecule has 0 spiro atoms. The monoisotopic (exact) mass is 222 g/mol. The fraction of sp³-hybridized carbons (Fsp3) is 0.333. The Bertz CT molecular complexity index is 439. The molecule has 0 amide bonds. The number of nitriles is 1. The van der Waals surface area contributed by atoms with Gasteiger partial charge in [0, 0.05) is 12.7 Å². The molecule has 0 aliphatic rings. The van der Waals surface area contributed by atoms with Crippen molar-refractivity contribution in [3.63, 3.8) is 0 Å². The minimum Gasteiger partial charge on any atom is -0.392 e. The van der Waals surface area contributed by atoms with Crippen LogP contribution in [0.1, 0.15) is 12.5 Å². The van der Waals surface area contributed by atoms with Gasteiger partial charge in [-0.05, 0) is 13.0 Å². The van der Waals surface area contributed by atoms with E-state index in [1.165, 1.54) is 19.2 Å². The standard InChI is InChI=1S/C9H10N4O3/c1-6(14)5-12-9-8(13(15)16)7(4-10)2-3-11-9/h2-3,6,14H,5H2,1H3,(H,11,12). The third-order valence-corrected chi connectivity index (χ3v) is 1.79. The summed E-state index contributed by atoms with van der Waals surface area (Å²) in [5, 5.41) is 31.1. The fourth-order valence-corrected chi connectivity index (χ4v) is 1.10. The number of hydrogen-bond donors (Lipinski definition) is 2. The van der Waals surface area contributed by atoms with Gasteiger partial charge in [-0.25, -0.2) is 4.98 Å². The smallest absolute Gasteiger partial charge is 0.328 e. The van der Waals surface area contributed by atoms with E-state index in [9.17, 15) is 10.1 Å². The van der Waals surface area contributed by atoms with Gasteiger partial charge < -0.3 is 10.4 Å². The van der Waals surface area contributed by atoms with Crippen LogP contribution in [-0.2, 0) is 0 Å². The molecule has 0 saturated carbocycles. The van der Waals surface area contributed by atoms with Gasteiger partial charge >= 0.3 is 5.69 Å². The number of aliphatic hydroxyl groups is 1. The highest BCUT2D eigenvalue weighted by molar-refractivity contribution is 5.64. The third kappa shape index (κ3) is 2.65. The van der Waals surface area contributed by atoms with E-state index in [1.807, 2.05) is 0 Å². The van der Waals surface area contributed by atoms with Crippen molar-refractivity contribution in [1.29, 1.82) is 5.26 Å². The molecular weight excluding hydrogens is 212 g/mol. The normalized spacial score (nSPS) is 11.6. The lowest BCUT2D eigenvalue weighted by Gasteiger charge is -2.07. The summed E-state index contributed by atoms with van der Waals surface area (Å²) in [5.74, 6) is -0.00931. The summed E-state index contributed by atoms with van der Waals surface area (Å²) in [6.45, 7) is 1.66. The molecule has 7 nitrogen and oxygen atoms in total. The summed E-state index contributed by atoms with van der Waals surface area (Å²) in [4.78, 5) is 13.9. The third-order valence-electron chi connectivity index (χ3n) is 1.79. The molecule has 0 bridgehead atoms. The maximum absolute atomic E-state index is 10.8.